The average Bonchev–Trinajstić information content (AvgIpc) is 2.63. The molecule has 0 radical (unpaired) electrons. The minimum absolute atomic E-state index is 0.000446. The molecule has 1 heterocycles. The number of amides is 1. The Hall–Kier alpha value is -1.15. The first-order valence-corrected chi connectivity index (χ1v) is 6.25. The van der Waals surface area contributed by atoms with Gasteiger partial charge in [-0.15, -0.1) is 11.3 Å². The van der Waals surface area contributed by atoms with Crippen molar-refractivity contribution in [1.29, 1.82) is 0 Å². The topological polar surface area (TPSA) is 54.0 Å². The fourth-order valence-electron chi connectivity index (χ4n) is 1.30. The van der Waals surface area contributed by atoms with Crippen LogP contribution in [0.3, 0.4) is 0 Å². The zero-order chi connectivity index (χ0) is 13.8. The van der Waals surface area contributed by atoms with E-state index in [0.29, 0.717) is 5.69 Å². The van der Waals surface area contributed by atoms with Crippen LogP contribution in [-0.4, -0.2) is 23.6 Å². The summed E-state index contributed by atoms with van der Waals surface area (Å²) >= 11 is 1.11. The monoisotopic (exact) mass is 281 g/mol. The highest BCUT2D eigenvalue weighted by Gasteiger charge is 2.31. The van der Waals surface area contributed by atoms with Crippen LogP contribution in [-0.2, 0) is 4.79 Å². The molecule has 1 aromatic rings. The molecule has 102 valence electrons. The zero-order valence-corrected chi connectivity index (χ0v) is 10.8. The van der Waals surface area contributed by atoms with Crippen molar-refractivity contribution in [1.82, 2.24) is 10.3 Å². The molecule has 1 amide bonds. The maximum Gasteiger partial charge on any atom is 0.397 e. The third-order valence-corrected chi connectivity index (χ3v) is 2.86. The molecule has 2 N–H and O–H groups in total. The van der Waals surface area contributed by atoms with Crippen LogP contribution in [0.15, 0.2) is 5.38 Å². The molecule has 0 bridgehead atoms. The van der Waals surface area contributed by atoms with Gasteiger partial charge in [-0.2, -0.15) is 13.2 Å². The predicted molar refractivity (Wildman–Crippen MR) is 63.5 cm³/mol. The lowest BCUT2D eigenvalue weighted by Gasteiger charge is -2.08. The molecule has 1 aromatic heterocycles. The van der Waals surface area contributed by atoms with Crippen molar-refractivity contribution in [2.45, 2.75) is 32.5 Å². The molecule has 0 fully saturated rings. The predicted octanol–water partition coefficient (Wildman–Crippen LogP) is 2.70. The molecule has 1 rings (SSSR count). The molecular formula is C10H14F3N3OS. The largest absolute Gasteiger partial charge is 0.397 e. The van der Waals surface area contributed by atoms with Crippen molar-refractivity contribution in [2.24, 2.45) is 0 Å². The maximum absolute atomic E-state index is 12.0. The Labute approximate surface area is 107 Å². The normalized spacial score (nSPS) is 13.4. The van der Waals surface area contributed by atoms with E-state index in [9.17, 15) is 18.0 Å². The number of hydrogen-bond acceptors (Lipinski definition) is 4. The maximum atomic E-state index is 12.0. The van der Waals surface area contributed by atoms with Gasteiger partial charge in [0.15, 0.2) is 5.13 Å². The number of carbonyl (C=O) groups is 1. The summed E-state index contributed by atoms with van der Waals surface area (Å²) in [7, 11) is 0. The van der Waals surface area contributed by atoms with Gasteiger partial charge in [-0.3, -0.25) is 4.79 Å². The SMILES string of the molecule is CCNC(C)c1csc(NC(=O)CC(F)(F)F)n1. The van der Waals surface area contributed by atoms with Crippen LogP contribution < -0.4 is 10.6 Å². The highest BCUT2D eigenvalue weighted by Crippen LogP contribution is 2.23. The lowest BCUT2D eigenvalue weighted by molar-refractivity contribution is -0.150. The van der Waals surface area contributed by atoms with Crippen molar-refractivity contribution in [3.63, 3.8) is 0 Å². The Morgan fingerprint density at radius 1 is 1.56 bits per heavy atom. The molecule has 4 nitrogen and oxygen atoms in total. The first kappa shape index (κ1) is 14.9. The highest BCUT2D eigenvalue weighted by molar-refractivity contribution is 7.13. The second kappa shape index (κ2) is 6.14. The molecule has 0 saturated carbocycles. The zero-order valence-electron chi connectivity index (χ0n) is 9.97. The number of hydrogen-bond donors (Lipinski definition) is 2. The summed E-state index contributed by atoms with van der Waals surface area (Å²) < 4.78 is 35.9. The van der Waals surface area contributed by atoms with Crippen LogP contribution in [0.25, 0.3) is 0 Å². The quantitative estimate of drug-likeness (QED) is 0.872. The average molecular weight is 281 g/mol. The van der Waals surface area contributed by atoms with E-state index in [1.54, 1.807) is 5.38 Å². The molecule has 8 heteroatoms. The van der Waals surface area contributed by atoms with E-state index in [2.05, 4.69) is 15.6 Å². The van der Waals surface area contributed by atoms with Gasteiger partial charge in [-0.1, -0.05) is 6.92 Å². The third-order valence-electron chi connectivity index (χ3n) is 2.08. The van der Waals surface area contributed by atoms with E-state index in [1.807, 2.05) is 13.8 Å². The van der Waals surface area contributed by atoms with E-state index < -0.39 is 18.5 Å². The van der Waals surface area contributed by atoms with Crippen molar-refractivity contribution < 1.29 is 18.0 Å². The summed E-state index contributed by atoms with van der Waals surface area (Å²) in [4.78, 5) is 15.1. The van der Waals surface area contributed by atoms with Gasteiger partial charge in [-0.25, -0.2) is 4.98 Å². The van der Waals surface area contributed by atoms with Crippen LogP contribution in [0.2, 0.25) is 0 Å². The van der Waals surface area contributed by atoms with Gasteiger partial charge in [0.1, 0.15) is 6.42 Å². The van der Waals surface area contributed by atoms with Crippen LogP contribution in [0.1, 0.15) is 32.0 Å². The molecule has 1 unspecified atom stereocenters. The number of nitrogens with zero attached hydrogens (tertiary/aromatic N) is 1. The van der Waals surface area contributed by atoms with Crippen molar-refractivity contribution in [2.75, 3.05) is 11.9 Å². The summed E-state index contributed by atoms with van der Waals surface area (Å²) in [6, 6.07) is -0.000446. The Bertz CT molecular complexity index is 405. The van der Waals surface area contributed by atoms with E-state index in [1.165, 1.54) is 0 Å². The smallest absolute Gasteiger partial charge is 0.309 e. The molecule has 0 aliphatic carbocycles. The Morgan fingerprint density at radius 3 is 2.78 bits per heavy atom. The minimum Gasteiger partial charge on any atom is -0.309 e. The van der Waals surface area contributed by atoms with Gasteiger partial charge in [0.05, 0.1) is 5.69 Å². The van der Waals surface area contributed by atoms with Gasteiger partial charge in [0.25, 0.3) is 0 Å². The third kappa shape index (κ3) is 5.01. The lowest BCUT2D eigenvalue weighted by atomic mass is 10.3. The number of thiazole rings is 1. The second-order valence-electron chi connectivity index (χ2n) is 3.70. The van der Waals surface area contributed by atoms with E-state index in [4.69, 9.17) is 0 Å². The fraction of sp³-hybridized carbons (Fsp3) is 0.600. The minimum atomic E-state index is -4.50. The summed E-state index contributed by atoms with van der Waals surface area (Å²) in [5, 5.41) is 7.14. The summed E-state index contributed by atoms with van der Waals surface area (Å²) in [6.07, 6.45) is -5.99. The first-order valence-electron chi connectivity index (χ1n) is 5.37. The van der Waals surface area contributed by atoms with E-state index in [-0.39, 0.29) is 11.2 Å². The Kier molecular flexibility index (Phi) is 5.09. The van der Waals surface area contributed by atoms with E-state index in [0.717, 1.165) is 17.9 Å². The number of rotatable bonds is 5. The molecular weight excluding hydrogens is 267 g/mol. The first-order chi connectivity index (χ1) is 8.31. The number of nitrogens with one attached hydrogen (secondary N) is 2. The van der Waals surface area contributed by atoms with Crippen LogP contribution in [0.5, 0.6) is 0 Å². The highest BCUT2D eigenvalue weighted by atomic mass is 32.1. The van der Waals surface area contributed by atoms with Gasteiger partial charge in [0, 0.05) is 11.4 Å². The molecule has 0 aliphatic rings. The van der Waals surface area contributed by atoms with Crippen molar-refractivity contribution in [3.8, 4) is 0 Å². The molecule has 0 aliphatic heterocycles. The number of halogens is 3. The molecule has 0 spiro atoms. The fourth-order valence-corrected chi connectivity index (χ4v) is 2.12. The number of carbonyl (C=O) groups excluding carboxylic acids is 1. The second-order valence-corrected chi connectivity index (χ2v) is 4.56. The summed E-state index contributed by atoms with van der Waals surface area (Å²) in [6.45, 7) is 4.59. The van der Waals surface area contributed by atoms with Gasteiger partial charge < -0.3 is 10.6 Å². The molecule has 18 heavy (non-hydrogen) atoms. The van der Waals surface area contributed by atoms with Gasteiger partial charge in [-0.05, 0) is 13.5 Å². The molecule has 0 saturated heterocycles. The standard InChI is InChI=1S/C10H14F3N3OS/c1-3-14-6(2)7-5-18-9(15-7)16-8(17)4-10(11,12)13/h5-6,14H,3-4H2,1-2H3,(H,15,16,17). The van der Waals surface area contributed by atoms with Crippen LogP contribution in [0.4, 0.5) is 18.3 Å². The number of alkyl halides is 3. The van der Waals surface area contributed by atoms with Crippen molar-refractivity contribution in [3.05, 3.63) is 11.1 Å². The van der Waals surface area contributed by atoms with Gasteiger partial charge in [0.2, 0.25) is 5.91 Å². The van der Waals surface area contributed by atoms with Crippen LogP contribution >= 0.6 is 11.3 Å². The Balaban J connectivity index is 2.56. The Morgan fingerprint density at radius 2 is 2.22 bits per heavy atom. The number of aromatic nitrogens is 1. The van der Waals surface area contributed by atoms with Gasteiger partial charge >= 0.3 is 6.18 Å². The lowest BCUT2D eigenvalue weighted by Crippen LogP contribution is -2.21. The molecule has 1 atom stereocenters. The van der Waals surface area contributed by atoms with Crippen LogP contribution in [0, 0.1) is 0 Å². The molecule has 0 aromatic carbocycles. The number of anilines is 1. The van der Waals surface area contributed by atoms with E-state index >= 15 is 0 Å². The van der Waals surface area contributed by atoms with Crippen molar-refractivity contribution >= 4 is 22.4 Å². The summed E-state index contributed by atoms with van der Waals surface area (Å²) in [5.74, 6) is -1.10. The summed E-state index contributed by atoms with van der Waals surface area (Å²) in [5.41, 5.74) is 0.698.